The van der Waals surface area contributed by atoms with Crippen molar-refractivity contribution in [1.82, 2.24) is 10.2 Å². The minimum atomic E-state index is -1.03. The van der Waals surface area contributed by atoms with Gasteiger partial charge in [-0.15, -0.1) is 0 Å². The lowest BCUT2D eigenvalue weighted by molar-refractivity contribution is -0.135. The van der Waals surface area contributed by atoms with Crippen LogP contribution in [0, 0.1) is 0 Å². The number of hydrogen-bond donors (Lipinski definition) is 2. The highest BCUT2D eigenvalue weighted by Crippen LogP contribution is 2.27. The molecule has 2 atom stereocenters. The number of nitrogens with one attached hydrogen (secondary N) is 1. The van der Waals surface area contributed by atoms with Crippen LogP contribution >= 0.6 is 0 Å². The standard InChI is InChI=1S/C8H12N2O4/c11-7(12)2-9-8(13)10-3-6-1-5(10)4-14-6/h5-6H,1-4H2,(H,9,13)(H,11,12). The van der Waals surface area contributed by atoms with Gasteiger partial charge in [-0.2, -0.15) is 0 Å². The van der Waals surface area contributed by atoms with Crippen LogP contribution in [-0.2, 0) is 9.53 Å². The quantitative estimate of drug-likeness (QED) is 0.615. The number of amides is 2. The second-order valence-corrected chi connectivity index (χ2v) is 3.55. The molecule has 2 saturated heterocycles. The molecule has 0 aromatic carbocycles. The molecule has 2 bridgehead atoms. The van der Waals surface area contributed by atoms with E-state index in [9.17, 15) is 9.59 Å². The first-order chi connectivity index (χ1) is 6.66. The molecule has 0 spiro atoms. The SMILES string of the molecule is O=C(O)CNC(=O)N1CC2CC1CO2. The van der Waals surface area contributed by atoms with E-state index in [2.05, 4.69) is 5.32 Å². The first-order valence-electron chi connectivity index (χ1n) is 4.54. The van der Waals surface area contributed by atoms with Crippen molar-refractivity contribution >= 4 is 12.0 Å². The number of carbonyl (C=O) groups excluding carboxylic acids is 1. The van der Waals surface area contributed by atoms with Gasteiger partial charge >= 0.3 is 12.0 Å². The van der Waals surface area contributed by atoms with Crippen LogP contribution in [0.2, 0.25) is 0 Å². The molecule has 14 heavy (non-hydrogen) atoms. The number of urea groups is 1. The summed E-state index contributed by atoms with van der Waals surface area (Å²) in [5, 5.41) is 10.7. The van der Waals surface area contributed by atoms with E-state index < -0.39 is 5.97 Å². The third-order valence-electron chi connectivity index (χ3n) is 2.55. The molecular formula is C8H12N2O4. The molecule has 2 amide bonds. The van der Waals surface area contributed by atoms with Gasteiger partial charge in [-0.3, -0.25) is 4.79 Å². The maximum atomic E-state index is 11.4. The summed E-state index contributed by atoms with van der Waals surface area (Å²) in [5.74, 6) is -1.03. The number of carboxylic acids is 1. The zero-order chi connectivity index (χ0) is 10.1. The van der Waals surface area contributed by atoms with Gasteiger partial charge in [-0.1, -0.05) is 0 Å². The van der Waals surface area contributed by atoms with Gasteiger partial charge in [0.25, 0.3) is 0 Å². The Hall–Kier alpha value is -1.30. The predicted octanol–water partition coefficient (Wildman–Crippen LogP) is -0.746. The van der Waals surface area contributed by atoms with Crippen molar-refractivity contribution in [1.29, 1.82) is 0 Å². The fourth-order valence-corrected chi connectivity index (χ4v) is 1.90. The van der Waals surface area contributed by atoms with Gasteiger partial charge < -0.3 is 20.1 Å². The van der Waals surface area contributed by atoms with Crippen LogP contribution in [0.3, 0.4) is 0 Å². The van der Waals surface area contributed by atoms with Gasteiger partial charge in [0.2, 0.25) is 0 Å². The smallest absolute Gasteiger partial charge is 0.323 e. The summed E-state index contributed by atoms with van der Waals surface area (Å²) in [7, 11) is 0. The van der Waals surface area contributed by atoms with Gasteiger partial charge in [0.1, 0.15) is 6.54 Å². The maximum Gasteiger partial charge on any atom is 0.323 e. The average Bonchev–Trinajstić information content (AvgIpc) is 2.74. The largest absolute Gasteiger partial charge is 0.480 e. The molecule has 0 aromatic heterocycles. The van der Waals surface area contributed by atoms with Crippen molar-refractivity contribution in [2.24, 2.45) is 0 Å². The second-order valence-electron chi connectivity index (χ2n) is 3.55. The number of fused-ring (bicyclic) bond motifs is 2. The van der Waals surface area contributed by atoms with Crippen LogP contribution < -0.4 is 5.32 Å². The number of morpholine rings is 1. The van der Waals surface area contributed by atoms with Crippen LogP contribution in [0.5, 0.6) is 0 Å². The van der Waals surface area contributed by atoms with Crippen molar-refractivity contribution < 1.29 is 19.4 Å². The topological polar surface area (TPSA) is 78.9 Å². The van der Waals surface area contributed by atoms with E-state index in [0.29, 0.717) is 13.2 Å². The number of ether oxygens (including phenoxy) is 1. The van der Waals surface area contributed by atoms with E-state index in [-0.39, 0.29) is 24.7 Å². The minimum absolute atomic E-state index is 0.133. The number of likely N-dealkylation sites (tertiary alicyclic amines) is 1. The van der Waals surface area contributed by atoms with E-state index in [1.807, 2.05) is 0 Å². The Bertz CT molecular complexity index is 268. The van der Waals surface area contributed by atoms with Crippen LogP contribution in [0.4, 0.5) is 4.79 Å². The van der Waals surface area contributed by atoms with E-state index >= 15 is 0 Å². The number of nitrogens with zero attached hydrogens (tertiary/aromatic N) is 1. The Balaban J connectivity index is 1.84. The fraction of sp³-hybridized carbons (Fsp3) is 0.750. The zero-order valence-corrected chi connectivity index (χ0v) is 7.60. The molecule has 0 radical (unpaired) electrons. The molecule has 6 nitrogen and oxygen atoms in total. The van der Waals surface area contributed by atoms with Crippen molar-refractivity contribution in [2.45, 2.75) is 18.6 Å². The van der Waals surface area contributed by atoms with Crippen molar-refractivity contribution in [2.75, 3.05) is 19.7 Å². The minimum Gasteiger partial charge on any atom is -0.480 e. The zero-order valence-electron chi connectivity index (χ0n) is 7.60. The number of carboxylic acid groups (broad SMARTS) is 1. The molecule has 2 N–H and O–H groups in total. The maximum absolute atomic E-state index is 11.4. The van der Waals surface area contributed by atoms with Crippen LogP contribution in [-0.4, -0.2) is 53.8 Å². The summed E-state index contributed by atoms with van der Waals surface area (Å²) in [6, 6.07) is -0.169. The summed E-state index contributed by atoms with van der Waals surface area (Å²) in [6.45, 7) is 0.828. The second kappa shape index (κ2) is 3.45. The summed E-state index contributed by atoms with van der Waals surface area (Å²) in [6.07, 6.45) is 1.02. The molecular weight excluding hydrogens is 188 g/mol. The van der Waals surface area contributed by atoms with Crippen LogP contribution in [0.15, 0.2) is 0 Å². The molecule has 0 saturated carbocycles. The van der Waals surface area contributed by atoms with Gasteiger partial charge in [-0.05, 0) is 6.42 Å². The summed E-state index contributed by atoms with van der Waals surface area (Å²) in [5.41, 5.74) is 0. The van der Waals surface area contributed by atoms with E-state index in [4.69, 9.17) is 9.84 Å². The Morgan fingerprint density at radius 2 is 2.36 bits per heavy atom. The summed E-state index contributed by atoms with van der Waals surface area (Å²) in [4.78, 5) is 23.3. The highest BCUT2D eigenvalue weighted by molar-refractivity contribution is 5.80. The average molecular weight is 200 g/mol. The van der Waals surface area contributed by atoms with Crippen LogP contribution in [0.25, 0.3) is 0 Å². The molecule has 2 heterocycles. The lowest BCUT2D eigenvalue weighted by Gasteiger charge is -2.26. The third kappa shape index (κ3) is 1.65. The van der Waals surface area contributed by atoms with E-state index in [1.165, 1.54) is 0 Å². The number of aliphatic carboxylic acids is 1. The van der Waals surface area contributed by atoms with Crippen LogP contribution in [0.1, 0.15) is 6.42 Å². The van der Waals surface area contributed by atoms with Gasteiger partial charge in [0, 0.05) is 6.54 Å². The van der Waals surface area contributed by atoms with Gasteiger partial charge in [-0.25, -0.2) is 4.79 Å². The van der Waals surface area contributed by atoms with E-state index in [1.54, 1.807) is 4.90 Å². The van der Waals surface area contributed by atoms with Crippen molar-refractivity contribution in [3.8, 4) is 0 Å². The Morgan fingerprint density at radius 3 is 2.86 bits per heavy atom. The summed E-state index contributed by atoms with van der Waals surface area (Å²) < 4.78 is 5.32. The predicted molar refractivity (Wildman–Crippen MR) is 45.9 cm³/mol. The normalized spacial score (nSPS) is 29.3. The Labute approximate surface area is 80.8 Å². The van der Waals surface area contributed by atoms with Gasteiger partial charge in [0.15, 0.2) is 0 Å². The lowest BCUT2D eigenvalue weighted by Crippen LogP contribution is -2.47. The molecule has 0 aromatic rings. The molecule has 2 aliphatic heterocycles. The molecule has 2 aliphatic rings. The van der Waals surface area contributed by atoms with Crippen molar-refractivity contribution in [3.63, 3.8) is 0 Å². The number of carbonyl (C=O) groups is 2. The molecule has 2 fully saturated rings. The third-order valence-corrected chi connectivity index (χ3v) is 2.55. The van der Waals surface area contributed by atoms with E-state index in [0.717, 1.165) is 6.42 Å². The first kappa shape index (κ1) is 9.26. The summed E-state index contributed by atoms with van der Waals surface area (Å²) >= 11 is 0. The lowest BCUT2D eigenvalue weighted by atomic mass is 10.2. The Morgan fingerprint density at radius 1 is 1.57 bits per heavy atom. The number of hydrogen-bond acceptors (Lipinski definition) is 3. The molecule has 2 rings (SSSR count). The highest BCUT2D eigenvalue weighted by atomic mass is 16.5. The molecule has 78 valence electrons. The molecule has 0 aliphatic carbocycles. The Kier molecular flexibility index (Phi) is 2.28. The fourth-order valence-electron chi connectivity index (χ4n) is 1.90. The molecule has 2 unspecified atom stereocenters. The highest BCUT2D eigenvalue weighted by Gasteiger charge is 2.41. The van der Waals surface area contributed by atoms with Crippen molar-refractivity contribution in [3.05, 3.63) is 0 Å². The van der Waals surface area contributed by atoms with Gasteiger partial charge in [0.05, 0.1) is 18.8 Å². The first-order valence-corrected chi connectivity index (χ1v) is 4.54. The monoisotopic (exact) mass is 200 g/mol. The molecule has 6 heteroatoms. The number of rotatable bonds is 2.